The minimum atomic E-state index is -2.51. The smallest absolute Gasteiger partial charge is 0.255 e. The van der Waals surface area contributed by atoms with Crippen LogP contribution in [0, 0.1) is 12.8 Å². The third kappa shape index (κ3) is 2.27. The van der Waals surface area contributed by atoms with E-state index in [0.29, 0.717) is 5.88 Å². The first-order valence-corrected chi connectivity index (χ1v) is 4.93. The lowest BCUT2D eigenvalue weighted by atomic mass is 9.94. The fourth-order valence-electron chi connectivity index (χ4n) is 1.31. The van der Waals surface area contributed by atoms with Crippen LogP contribution >= 0.6 is 0 Å². The average molecular weight is 211 g/mol. The van der Waals surface area contributed by atoms with Gasteiger partial charge in [-0.2, -0.15) is 0 Å². The molecule has 15 heavy (non-hydrogen) atoms. The number of halogens is 2. The van der Waals surface area contributed by atoms with Crippen molar-refractivity contribution in [1.29, 1.82) is 0 Å². The second kappa shape index (κ2) is 3.47. The normalized spacial score (nSPS) is 22.5. The SMILES string of the molecule is Bc1cnc(OCC2CC2(F)F)cc1C. The molecule has 2 nitrogen and oxygen atoms in total. The summed E-state index contributed by atoms with van der Waals surface area (Å²) in [5.41, 5.74) is 2.13. The fourth-order valence-corrected chi connectivity index (χ4v) is 1.31. The van der Waals surface area contributed by atoms with Gasteiger partial charge in [0.15, 0.2) is 0 Å². The van der Waals surface area contributed by atoms with Crippen molar-refractivity contribution >= 4 is 13.3 Å². The Balaban J connectivity index is 1.92. The molecule has 1 aliphatic carbocycles. The molecule has 0 saturated heterocycles. The van der Waals surface area contributed by atoms with Gasteiger partial charge in [-0.05, 0) is 6.92 Å². The molecule has 0 aromatic carbocycles. The lowest BCUT2D eigenvalue weighted by Gasteiger charge is -2.06. The molecule has 0 N–H and O–H groups in total. The van der Waals surface area contributed by atoms with Crippen LogP contribution in [0.4, 0.5) is 8.78 Å². The lowest BCUT2D eigenvalue weighted by Crippen LogP contribution is -2.11. The molecule has 2 rings (SSSR count). The molecule has 0 radical (unpaired) electrons. The van der Waals surface area contributed by atoms with Crippen molar-refractivity contribution in [1.82, 2.24) is 4.98 Å². The molecular formula is C10H12BF2NO. The lowest BCUT2D eigenvalue weighted by molar-refractivity contribution is 0.0849. The van der Waals surface area contributed by atoms with Crippen molar-refractivity contribution in [2.24, 2.45) is 5.92 Å². The Morgan fingerprint density at radius 3 is 2.87 bits per heavy atom. The Morgan fingerprint density at radius 2 is 2.33 bits per heavy atom. The van der Waals surface area contributed by atoms with Crippen molar-refractivity contribution in [3.63, 3.8) is 0 Å². The number of hydrogen-bond donors (Lipinski definition) is 0. The van der Waals surface area contributed by atoms with Gasteiger partial charge in [0.25, 0.3) is 5.92 Å². The van der Waals surface area contributed by atoms with Crippen LogP contribution in [0.2, 0.25) is 0 Å². The quantitative estimate of drug-likeness (QED) is 0.686. The van der Waals surface area contributed by atoms with E-state index in [1.54, 1.807) is 12.3 Å². The molecule has 0 amide bonds. The van der Waals surface area contributed by atoms with E-state index in [0.717, 1.165) is 11.0 Å². The molecule has 1 unspecified atom stereocenters. The highest BCUT2D eigenvalue weighted by Crippen LogP contribution is 2.48. The van der Waals surface area contributed by atoms with Gasteiger partial charge in [0.1, 0.15) is 7.85 Å². The number of ether oxygens (including phenoxy) is 1. The summed E-state index contributed by atoms with van der Waals surface area (Å²) in [6.07, 6.45) is 1.63. The van der Waals surface area contributed by atoms with Gasteiger partial charge in [-0.3, -0.25) is 0 Å². The monoisotopic (exact) mass is 211 g/mol. The third-order valence-electron chi connectivity index (χ3n) is 2.74. The molecule has 1 aliphatic rings. The number of alkyl halides is 2. The van der Waals surface area contributed by atoms with E-state index in [4.69, 9.17) is 4.74 Å². The maximum absolute atomic E-state index is 12.5. The summed E-state index contributed by atoms with van der Waals surface area (Å²) in [5.74, 6) is -2.71. The standard InChI is InChI=1S/C10H12BF2NO/c1-6-2-9(14-4-8(6)11)15-5-7-3-10(7,12)13/h2,4,7H,3,5,11H2,1H3. The van der Waals surface area contributed by atoms with Gasteiger partial charge in [0.2, 0.25) is 5.88 Å². The van der Waals surface area contributed by atoms with Gasteiger partial charge in [-0.15, -0.1) is 0 Å². The van der Waals surface area contributed by atoms with Crippen LogP contribution in [-0.4, -0.2) is 25.4 Å². The van der Waals surface area contributed by atoms with E-state index in [2.05, 4.69) is 4.98 Å². The van der Waals surface area contributed by atoms with Crippen molar-refractivity contribution in [2.75, 3.05) is 6.61 Å². The number of aromatic nitrogens is 1. The first-order valence-electron chi connectivity index (χ1n) is 4.93. The maximum Gasteiger partial charge on any atom is 0.255 e. The van der Waals surface area contributed by atoms with Gasteiger partial charge >= 0.3 is 0 Å². The van der Waals surface area contributed by atoms with Crippen LogP contribution in [0.5, 0.6) is 5.88 Å². The summed E-state index contributed by atoms with van der Waals surface area (Å²) >= 11 is 0. The number of nitrogens with zero attached hydrogens (tertiary/aromatic N) is 1. The molecule has 5 heteroatoms. The zero-order chi connectivity index (χ0) is 11.1. The Bertz CT molecular complexity index is 384. The van der Waals surface area contributed by atoms with Crippen molar-refractivity contribution in [2.45, 2.75) is 19.3 Å². The summed E-state index contributed by atoms with van der Waals surface area (Å²) in [4.78, 5) is 4.02. The third-order valence-corrected chi connectivity index (χ3v) is 2.74. The minimum absolute atomic E-state index is 0.0577. The Morgan fingerprint density at radius 1 is 1.67 bits per heavy atom. The molecule has 1 aromatic rings. The van der Waals surface area contributed by atoms with Gasteiger partial charge in [0, 0.05) is 18.7 Å². The highest BCUT2D eigenvalue weighted by molar-refractivity contribution is 6.33. The second-order valence-corrected chi connectivity index (χ2v) is 4.08. The molecule has 80 valence electrons. The highest BCUT2D eigenvalue weighted by Gasteiger charge is 2.57. The topological polar surface area (TPSA) is 22.1 Å². The summed E-state index contributed by atoms with van der Waals surface area (Å²) in [7, 11) is 1.95. The average Bonchev–Trinajstić information content (AvgIpc) is 2.77. The van der Waals surface area contributed by atoms with Crippen molar-refractivity contribution < 1.29 is 13.5 Å². The number of pyridine rings is 1. The molecule has 1 fully saturated rings. The van der Waals surface area contributed by atoms with Gasteiger partial charge in [-0.25, -0.2) is 13.8 Å². The first kappa shape index (κ1) is 10.4. The van der Waals surface area contributed by atoms with Crippen LogP contribution in [0.25, 0.3) is 0 Å². The van der Waals surface area contributed by atoms with E-state index in [-0.39, 0.29) is 13.0 Å². The van der Waals surface area contributed by atoms with Crippen LogP contribution in [-0.2, 0) is 0 Å². The minimum Gasteiger partial charge on any atom is -0.477 e. The highest BCUT2D eigenvalue weighted by atomic mass is 19.3. The molecule has 1 saturated carbocycles. The zero-order valence-electron chi connectivity index (χ0n) is 8.76. The first-order chi connectivity index (χ1) is 6.99. The summed E-state index contributed by atoms with van der Waals surface area (Å²) in [6, 6.07) is 1.77. The molecule has 1 atom stereocenters. The molecule has 0 bridgehead atoms. The largest absolute Gasteiger partial charge is 0.477 e. The fraction of sp³-hybridized carbons (Fsp3) is 0.500. The Labute approximate surface area is 88.1 Å². The van der Waals surface area contributed by atoms with Crippen LogP contribution in [0.3, 0.4) is 0 Å². The maximum atomic E-state index is 12.5. The van der Waals surface area contributed by atoms with Crippen LogP contribution < -0.4 is 10.2 Å². The molecule has 1 aromatic heterocycles. The summed E-state index contributed by atoms with van der Waals surface area (Å²) < 4.78 is 30.3. The molecule has 0 aliphatic heterocycles. The van der Waals surface area contributed by atoms with E-state index in [1.807, 2.05) is 14.8 Å². The summed E-state index contributed by atoms with van der Waals surface area (Å²) in [6.45, 7) is 2.00. The summed E-state index contributed by atoms with van der Waals surface area (Å²) in [5, 5.41) is 0. The zero-order valence-corrected chi connectivity index (χ0v) is 8.76. The molecule has 0 spiro atoms. The second-order valence-electron chi connectivity index (χ2n) is 4.08. The van der Waals surface area contributed by atoms with Crippen molar-refractivity contribution in [3.05, 3.63) is 17.8 Å². The number of rotatable bonds is 3. The van der Waals surface area contributed by atoms with E-state index in [1.165, 1.54) is 0 Å². The predicted molar refractivity (Wildman–Crippen MR) is 55.7 cm³/mol. The molecular weight excluding hydrogens is 199 g/mol. The number of aryl methyl sites for hydroxylation is 1. The van der Waals surface area contributed by atoms with Gasteiger partial charge in [0.05, 0.1) is 12.5 Å². The van der Waals surface area contributed by atoms with E-state index < -0.39 is 11.8 Å². The van der Waals surface area contributed by atoms with Crippen molar-refractivity contribution in [3.8, 4) is 5.88 Å². The van der Waals surface area contributed by atoms with E-state index >= 15 is 0 Å². The van der Waals surface area contributed by atoms with Crippen LogP contribution in [0.1, 0.15) is 12.0 Å². The van der Waals surface area contributed by atoms with Gasteiger partial charge in [-0.1, -0.05) is 11.0 Å². The van der Waals surface area contributed by atoms with Crippen LogP contribution in [0.15, 0.2) is 12.3 Å². The Hall–Kier alpha value is -1.13. The van der Waals surface area contributed by atoms with Gasteiger partial charge < -0.3 is 4.74 Å². The number of hydrogen-bond acceptors (Lipinski definition) is 2. The van der Waals surface area contributed by atoms with E-state index in [9.17, 15) is 8.78 Å². The molecule has 1 heterocycles. The Kier molecular flexibility index (Phi) is 2.40. The predicted octanol–water partition coefficient (Wildman–Crippen LogP) is 0.682.